The SMILES string of the molecule is CCNC(=NCC(=O)N(C)C)NCC(C)(C)NC(C)c1ccccc1.I. The van der Waals surface area contributed by atoms with Gasteiger partial charge in [-0.15, -0.1) is 24.0 Å². The van der Waals surface area contributed by atoms with Crippen LogP contribution in [0.2, 0.25) is 0 Å². The average Bonchev–Trinajstić information content (AvgIpc) is 2.57. The van der Waals surface area contributed by atoms with Crippen molar-refractivity contribution in [3.05, 3.63) is 35.9 Å². The summed E-state index contributed by atoms with van der Waals surface area (Å²) in [4.78, 5) is 17.6. The number of carbonyl (C=O) groups excluding carboxylic acids is 1. The van der Waals surface area contributed by atoms with Crippen molar-refractivity contribution in [2.24, 2.45) is 4.99 Å². The van der Waals surface area contributed by atoms with Gasteiger partial charge in [0.2, 0.25) is 5.91 Å². The summed E-state index contributed by atoms with van der Waals surface area (Å²) in [6.07, 6.45) is 0. The van der Waals surface area contributed by atoms with Crippen LogP contribution in [-0.4, -0.2) is 56.0 Å². The molecule has 0 heterocycles. The third-order valence-corrected chi connectivity index (χ3v) is 3.82. The number of hydrogen-bond acceptors (Lipinski definition) is 3. The second-order valence-corrected chi connectivity index (χ2v) is 7.00. The van der Waals surface area contributed by atoms with E-state index in [-0.39, 0.29) is 48.0 Å². The Labute approximate surface area is 175 Å². The molecular formula is C19H34IN5O. The van der Waals surface area contributed by atoms with Crippen LogP contribution in [0.25, 0.3) is 0 Å². The van der Waals surface area contributed by atoms with E-state index in [2.05, 4.69) is 66.0 Å². The van der Waals surface area contributed by atoms with Crippen molar-refractivity contribution in [1.82, 2.24) is 20.9 Å². The molecule has 1 unspecified atom stereocenters. The number of rotatable bonds is 8. The van der Waals surface area contributed by atoms with E-state index in [4.69, 9.17) is 0 Å². The number of amides is 1. The molecule has 0 bridgehead atoms. The lowest BCUT2D eigenvalue weighted by molar-refractivity contribution is -0.127. The van der Waals surface area contributed by atoms with Crippen molar-refractivity contribution in [2.75, 3.05) is 33.7 Å². The Morgan fingerprint density at radius 1 is 1.19 bits per heavy atom. The van der Waals surface area contributed by atoms with E-state index in [0.29, 0.717) is 12.5 Å². The number of likely N-dealkylation sites (N-methyl/N-ethyl adjacent to an activating group) is 1. The van der Waals surface area contributed by atoms with Gasteiger partial charge >= 0.3 is 0 Å². The molecule has 1 rings (SSSR count). The van der Waals surface area contributed by atoms with Gasteiger partial charge in [0.25, 0.3) is 0 Å². The van der Waals surface area contributed by atoms with Gasteiger partial charge in [0.05, 0.1) is 0 Å². The van der Waals surface area contributed by atoms with Gasteiger partial charge in [-0.25, -0.2) is 4.99 Å². The number of carbonyl (C=O) groups is 1. The molecule has 0 fully saturated rings. The summed E-state index contributed by atoms with van der Waals surface area (Å²) >= 11 is 0. The van der Waals surface area contributed by atoms with Gasteiger partial charge in [-0.05, 0) is 33.3 Å². The molecule has 1 aromatic carbocycles. The maximum atomic E-state index is 11.7. The van der Waals surface area contributed by atoms with Crippen molar-refractivity contribution in [3.63, 3.8) is 0 Å². The first-order valence-corrected chi connectivity index (χ1v) is 8.80. The molecule has 1 atom stereocenters. The number of hydrogen-bond donors (Lipinski definition) is 3. The second kappa shape index (κ2) is 12.1. The number of benzene rings is 1. The van der Waals surface area contributed by atoms with E-state index in [1.54, 1.807) is 19.0 Å². The van der Waals surface area contributed by atoms with Crippen molar-refractivity contribution < 1.29 is 4.79 Å². The molecule has 3 N–H and O–H groups in total. The molecule has 26 heavy (non-hydrogen) atoms. The molecule has 148 valence electrons. The fourth-order valence-electron chi connectivity index (χ4n) is 2.40. The highest BCUT2D eigenvalue weighted by Gasteiger charge is 2.21. The molecule has 0 radical (unpaired) electrons. The Morgan fingerprint density at radius 2 is 1.81 bits per heavy atom. The zero-order chi connectivity index (χ0) is 18.9. The molecule has 1 aromatic rings. The third-order valence-electron chi connectivity index (χ3n) is 3.82. The molecular weight excluding hydrogens is 441 g/mol. The standard InChI is InChI=1S/C19H33N5O.HI/c1-7-20-18(21-13-17(25)24(5)6)22-14-19(3,4)23-15(2)16-11-9-8-10-12-16;/h8-12,15,23H,7,13-14H2,1-6H3,(H2,20,21,22);1H. The van der Waals surface area contributed by atoms with Crippen LogP contribution in [0.4, 0.5) is 0 Å². The van der Waals surface area contributed by atoms with Crippen LogP contribution < -0.4 is 16.0 Å². The highest BCUT2D eigenvalue weighted by Crippen LogP contribution is 2.15. The first kappa shape index (κ1) is 24.7. The molecule has 0 spiro atoms. The number of nitrogens with one attached hydrogen (secondary N) is 3. The van der Waals surface area contributed by atoms with E-state index >= 15 is 0 Å². The summed E-state index contributed by atoms with van der Waals surface area (Å²) in [5, 5.41) is 10.1. The molecule has 0 saturated heterocycles. The second-order valence-electron chi connectivity index (χ2n) is 7.00. The maximum Gasteiger partial charge on any atom is 0.243 e. The van der Waals surface area contributed by atoms with Gasteiger partial charge in [-0.1, -0.05) is 30.3 Å². The fraction of sp³-hybridized carbons (Fsp3) is 0.579. The maximum absolute atomic E-state index is 11.7. The van der Waals surface area contributed by atoms with E-state index in [1.807, 2.05) is 13.0 Å². The third kappa shape index (κ3) is 9.38. The van der Waals surface area contributed by atoms with Crippen LogP contribution in [-0.2, 0) is 4.79 Å². The number of halogens is 1. The van der Waals surface area contributed by atoms with Crippen LogP contribution in [0.15, 0.2) is 35.3 Å². The normalized spacial score (nSPS) is 12.8. The summed E-state index contributed by atoms with van der Waals surface area (Å²) in [6, 6.07) is 10.6. The Hall–Kier alpha value is -1.35. The molecule has 0 aromatic heterocycles. The van der Waals surface area contributed by atoms with Gasteiger partial charge in [0.15, 0.2) is 5.96 Å². The van der Waals surface area contributed by atoms with Crippen LogP contribution in [0.5, 0.6) is 0 Å². The zero-order valence-electron chi connectivity index (χ0n) is 16.8. The molecule has 0 aliphatic heterocycles. The first-order chi connectivity index (χ1) is 11.7. The van der Waals surface area contributed by atoms with Crippen LogP contribution in [0, 0.1) is 0 Å². The van der Waals surface area contributed by atoms with Gasteiger partial charge in [0, 0.05) is 38.8 Å². The van der Waals surface area contributed by atoms with Gasteiger partial charge < -0.3 is 20.9 Å². The Kier molecular flexibility index (Phi) is 11.5. The fourth-order valence-corrected chi connectivity index (χ4v) is 2.40. The predicted octanol–water partition coefficient (Wildman–Crippen LogP) is 2.38. The molecule has 1 amide bonds. The molecule has 0 aliphatic carbocycles. The van der Waals surface area contributed by atoms with E-state index in [0.717, 1.165) is 6.54 Å². The summed E-state index contributed by atoms with van der Waals surface area (Å²) in [5.41, 5.74) is 1.12. The summed E-state index contributed by atoms with van der Waals surface area (Å²) < 4.78 is 0. The quantitative estimate of drug-likeness (QED) is 0.307. The minimum absolute atomic E-state index is 0. The largest absolute Gasteiger partial charge is 0.357 e. The highest BCUT2D eigenvalue weighted by molar-refractivity contribution is 14.0. The predicted molar refractivity (Wildman–Crippen MR) is 120 cm³/mol. The highest BCUT2D eigenvalue weighted by atomic mass is 127. The van der Waals surface area contributed by atoms with Crippen molar-refractivity contribution in [3.8, 4) is 0 Å². The van der Waals surface area contributed by atoms with Crippen LogP contribution in [0.3, 0.4) is 0 Å². The number of nitrogens with zero attached hydrogens (tertiary/aromatic N) is 2. The Bertz CT molecular complexity index is 560. The van der Waals surface area contributed by atoms with Crippen molar-refractivity contribution >= 4 is 35.8 Å². The van der Waals surface area contributed by atoms with Crippen molar-refractivity contribution in [2.45, 2.75) is 39.3 Å². The molecule has 0 saturated carbocycles. The molecule has 0 aliphatic rings. The molecule has 6 nitrogen and oxygen atoms in total. The number of aliphatic imine (C=N–C) groups is 1. The average molecular weight is 475 g/mol. The van der Waals surface area contributed by atoms with Gasteiger partial charge in [-0.2, -0.15) is 0 Å². The molecule has 7 heteroatoms. The summed E-state index contributed by atoms with van der Waals surface area (Å²) in [7, 11) is 3.46. The van der Waals surface area contributed by atoms with Crippen molar-refractivity contribution in [1.29, 1.82) is 0 Å². The minimum atomic E-state index is -0.142. The topological polar surface area (TPSA) is 68.8 Å². The summed E-state index contributed by atoms with van der Waals surface area (Å²) in [6.45, 7) is 10.0. The van der Waals surface area contributed by atoms with Gasteiger partial charge in [0.1, 0.15) is 6.54 Å². The Morgan fingerprint density at radius 3 is 2.35 bits per heavy atom. The van der Waals surface area contributed by atoms with Crippen LogP contribution in [0.1, 0.15) is 39.3 Å². The smallest absolute Gasteiger partial charge is 0.243 e. The lowest BCUT2D eigenvalue weighted by Gasteiger charge is -2.31. The Balaban J connectivity index is 0.00000625. The monoisotopic (exact) mass is 475 g/mol. The minimum Gasteiger partial charge on any atom is -0.357 e. The van der Waals surface area contributed by atoms with Gasteiger partial charge in [-0.3, -0.25) is 4.79 Å². The van der Waals surface area contributed by atoms with Crippen LogP contribution >= 0.6 is 24.0 Å². The van der Waals surface area contributed by atoms with E-state index in [1.165, 1.54) is 5.56 Å². The zero-order valence-corrected chi connectivity index (χ0v) is 19.1. The first-order valence-electron chi connectivity index (χ1n) is 8.80. The lowest BCUT2D eigenvalue weighted by atomic mass is 10.0. The lowest BCUT2D eigenvalue weighted by Crippen LogP contribution is -2.52. The summed E-state index contributed by atoms with van der Waals surface area (Å²) in [5.74, 6) is 0.632. The van der Waals surface area contributed by atoms with E-state index < -0.39 is 0 Å². The van der Waals surface area contributed by atoms with E-state index in [9.17, 15) is 4.79 Å². The number of guanidine groups is 1.